The Hall–Kier alpha value is -2.23. The zero-order chi connectivity index (χ0) is 22.1. The second kappa shape index (κ2) is 9.33. The van der Waals surface area contributed by atoms with Crippen molar-refractivity contribution in [2.24, 2.45) is 0 Å². The Morgan fingerprint density at radius 1 is 1.19 bits per heavy atom. The standard InChI is InChI=1S/C23H22FN3O2S3/c24-17-9-4-10-18-20(17)16(21(32-18)22(28)29)13-31-23-26-25-19(12-15-8-5-11-30-15)27(23)14-6-2-1-3-7-14/h4-5,8-11,14H,1-3,6-7,12-13H2,(H,28,29). The van der Waals surface area contributed by atoms with Crippen LogP contribution in [0.25, 0.3) is 10.1 Å². The van der Waals surface area contributed by atoms with Gasteiger partial charge in [0.25, 0.3) is 0 Å². The Morgan fingerprint density at radius 2 is 2.03 bits per heavy atom. The molecule has 5 nitrogen and oxygen atoms in total. The predicted molar refractivity (Wildman–Crippen MR) is 128 cm³/mol. The fourth-order valence-electron chi connectivity index (χ4n) is 4.42. The Bertz CT molecular complexity index is 1240. The highest BCUT2D eigenvalue weighted by molar-refractivity contribution is 7.98. The zero-order valence-electron chi connectivity index (χ0n) is 17.3. The lowest BCUT2D eigenvalue weighted by Crippen LogP contribution is -2.16. The number of carboxylic acid groups (broad SMARTS) is 1. The Morgan fingerprint density at radius 3 is 2.78 bits per heavy atom. The first-order valence-electron chi connectivity index (χ1n) is 10.6. The number of hydrogen-bond acceptors (Lipinski definition) is 6. The maximum absolute atomic E-state index is 14.6. The number of aromatic nitrogens is 3. The van der Waals surface area contributed by atoms with Gasteiger partial charge in [-0.2, -0.15) is 0 Å². The molecule has 0 amide bonds. The van der Waals surface area contributed by atoms with Crippen molar-refractivity contribution in [3.63, 3.8) is 0 Å². The van der Waals surface area contributed by atoms with E-state index in [2.05, 4.69) is 26.2 Å². The minimum Gasteiger partial charge on any atom is -0.477 e. The summed E-state index contributed by atoms with van der Waals surface area (Å²) in [6.45, 7) is 0. The Labute approximate surface area is 197 Å². The van der Waals surface area contributed by atoms with E-state index in [-0.39, 0.29) is 10.7 Å². The van der Waals surface area contributed by atoms with Crippen LogP contribution in [0, 0.1) is 5.82 Å². The highest BCUT2D eigenvalue weighted by Gasteiger charge is 2.25. The lowest BCUT2D eigenvalue weighted by molar-refractivity contribution is 0.0701. The van der Waals surface area contributed by atoms with Crippen molar-refractivity contribution in [1.29, 1.82) is 0 Å². The monoisotopic (exact) mass is 487 g/mol. The number of halogens is 1. The van der Waals surface area contributed by atoms with E-state index in [1.165, 1.54) is 42.0 Å². The van der Waals surface area contributed by atoms with E-state index in [9.17, 15) is 14.3 Å². The van der Waals surface area contributed by atoms with Crippen molar-refractivity contribution in [2.75, 3.05) is 0 Å². The molecule has 3 aromatic heterocycles. The van der Waals surface area contributed by atoms with Crippen LogP contribution in [0.15, 0.2) is 40.9 Å². The van der Waals surface area contributed by atoms with E-state index in [0.717, 1.165) is 41.6 Å². The summed E-state index contributed by atoms with van der Waals surface area (Å²) in [6.07, 6.45) is 6.56. The first kappa shape index (κ1) is 21.6. The smallest absolute Gasteiger partial charge is 0.346 e. The number of nitrogens with zero attached hydrogens (tertiary/aromatic N) is 3. The zero-order valence-corrected chi connectivity index (χ0v) is 19.7. The molecular weight excluding hydrogens is 465 g/mol. The van der Waals surface area contributed by atoms with Gasteiger partial charge in [-0.1, -0.05) is 43.2 Å². The fraction of sp³-hybridized carbons (Fsp3) is 0.348. The molecule has 0 bridgehead atoms. The van der Waals surface area contributed by atoms with Crippen LogP contribution in [0.4, 0.5) is 4.39 Å². The molecule has 1 aliphatic rings. The number of carbonyl (C=O) groups is 1. The molecule has 0 atom stereocenters. The molecular formula is C23H22FN3O2S3. The number of carboxylic acids is 1. The summed E-state index contributed by atoms with van der Waals surface area (Å²) >= 11 is 4.29. The summed E-state index contributed by atoms with van der Waals surface area (Å²) in [7, 11) is 0. The van der Waals surface area contributed by atoms with Gasteiger partial charge in [0.1, 0.15) is 16.5 Å². The van der Waals surface area contributed by atoms with Crippen molar-refractivity contribution >= 4 is 50.5 Å². The normalized spacial score (nSPS) is 14.9. The van der Waals surface area contributed by atoms with Crippen LogP contribution in [-0.2, 0) is 12.2 Å². The third-order valence-corrected chi connectivity index (χ3v) is 8.92. The van der Waals surface area contributed by atoms with Crippen LogP contribution < -0.4 is 0 Å². The average molecular weight is 488 g/mol. The highest BCUT2D eigenvalue weighted by atomic mass is 32.2. The number of hydrogen-bond donors (Lipinski definition) is 1. The molecule has 5 rings (SSSR count). The molecule has 32 heavy (non-hydrogen) atoms. The van der Waals surface area contributed by atoms with Crippen molar-refractivity contribution < 1.29 is 14.3 Å². The minimum atomic E-state index is -1.02. The van der Waals surface area contributed by atoms with Crippen LogP contribution in [-0.4, -0.2) is 25.8 Å². The second-order valence-electron chi connectivity index (χ2n) is 7.93. The van der Waals surface area contributed by atoms with Crippen LogP contribution >= 0.6 is 34.4 Å². The lowest BCUT2D eigenvalue weighted by atomic mass is 9.95. The van der Waals surface area contributed by atoms with E-state index < -0.39 is 5.97 Å². The van der Waals surface area contributed by atoms with Crippen LogP contribution in [0.1, 0.15) is 64.1 Å². The molecule has 1 saturated carbocycles. The van der Waals surface area contributed by atoms with Crippen molar-refractivity contribution in [3.8, 4) is 0 Å². The summed E-state index contributed by atoms with van der Waals surface area (Å²) in [4.78, 5) is 13.3. The molecule has 166 valence electrons. The van der Waals surface area contributed by atoms with Crippen LogP contribution in [0.3, 0.4) is 0 Å². The maximum atomic E-state index is 14.6. The molecule has 1 aliphatic carbocycles. The Balaban J connectivity index is 1.49. The van der Waals surface area contributed by atoms with E-state index >= 15 is 0 Å². The molecule has 1 aromatic carbocycles. The fourth-order valence-corrected chi connectivity index (χ4v) is 7.34. The SMILES string of the molecule is O=C(O)c1sc2cccc(F)c2c1CSc1nnc(Cc2cccs2)n1C1CCCCC1. The van der Waals surface area contributed by atoms with E-state index in [0.29, 0.717) is 27.4 Å². The van der Waals surface area contributed by atoms with Gasteiger partial charge in [-0.25, -0.2) is 9.18 Å². The first-order chi connectivity index (χ1) is 15.6. The van der Waals surface area contributed by atoms with E-state index in [1.54, 1.807) is 23.5 Å². The topological polar surface area (TPSA) is 68.0 Å². The van der Waals surface area contributed by atoms with Gasteiger partial charge in [0.05, 0.1) is 0 Å². The molecule has 0 saturated heterocycles. The molecule has 4 aromatic rings. The second-order valence-corrected chi connectivity index (χ2v) is 11.0. The highest BCUT2D eigenvalue weighted by Crippen LogP contribution is 2.39. The van der Waals surface area contributed by atoms with Crippen LogP contribution in [0.2, 0.25) is 0 Å². The quantitative estimate of drug-likeness (QED) is 0.291. The van der Waals surface area contributed by atoms with Crippen molar-refractivity contribution in [3.05, 3.63) is 62.7 Å². The van der Waals surface area contributed by atoms with Gasteiger partial charge in [0.15, 0.2) is 5.16 Å². The minimum absolute atomic E-state index is 0.195. The summed E-state index contributed by atoms with van der Waals surface area (Å²) in [5.74, 6) is -0.115. The summed E-state index contributed by atoms with van der Waals surface area (Å²) in [5.41, 5.74) is 0.526. The predicted octanol–water partition coefficient (Wildman–Crippen LogP) is 6.78. The van der Waals surface area contributed by atoms with E-state index in [4.69, 9.17) is 0 Å². The number of fused-ring (bicyclic) bond motifs is 1. The average Bonchev–Trinajstić information content (AvgIpc) is 3.52. The number of benzene rings is 1. The molecule has 1 fully saturated rings. The van der Waals surface area contributed by atoms with Gasteiger partial charge in [-0.3, -0.25) is 0 Å². The first-order valence-corrected chi connectivity index (χ1v) is 13.3. The lowest BCUT2D eigenvalue weighted by Gasteiger charge is -2.25. The summed E-state index contributed by atoms with van der Waals surface area (Å²) < 4.78 is 17.5. The van der Waals surface area contributed by atoms with Crippen LogP contribution in [0.5, 0.6) is 0 Å². The molecule has 0 unspecified atom stereocenters. The maximum Gasteiger partial charge on any atom is 0.346 e. The third-order valence-electron chi connectivity index (χ3n) is 5.89. The molecule has 0 spiro atoms. The molecule has 3 heterocycles. The van der Waals surface area contributed by atoms with Gasteiger partial charge in [0, 0.05) is 33.2 Å². The molecule has 9 heteroatoms. The number of rotatable bonds is 7. The molecule has 0 radical (unpaired) electrons. The third kappa shape index (κ3) is 4.21. The summed E-state index contributed by atoms with van der Waals surface area (Å²) in [6, 6.07) is 9.28. The number of thiophene rings is 2. The Kier molecular flexibility index (Phi) is 6.30. The van der Waals surface area contributed by atoms with Gasteiger partial charge < -0.3 is 9.67 Å². The summed E-state index contributed by atoms with van der Waals surface area (Å²) in [5, 5.41) is 22.0. The van der Waals surface area contributed by atoms with E-state index in [1.807, 2.05) is 6.07 Å². The van der Waals surface area contributed by atoms with Gasteiger partial charge in [-0.15, -0.1) is 32.9 Å². The number of aromatic carboxylic acids is 1. The molecule has 1 N–H and O–H groups in total. The number of thioether (sulfide) groups is 1. The van der Waals surface area contributed by atoms with Gasteiger partial charge in [-0.05, 0) is 42.0 Å². The van der Waals surface area contributed by atoms with Gasteiger partial charge in [0.2, 0.25) is 0 Å². The largest absolute Gasteiger partial charge is 0.477 e. The van der Waals surface area contributed by atoms with Crippen molar-refractivity contribution in [2.45, 2.75) is 55.5 Å². The van der Waals surface area contributed by atoms with Gasteiger partial charge >= 0.3 is 5.97 Å². The van der Waals surface area contributed by atoms with Crippen molar-refractivity contribution in [1.82, 2.24) is 14.8 Å². The molecule has 0 aliphatic heterocycles.